The molecule has 10 heteroatoms. The Hall–Kier alpha value is -3.14. The summed E-state index contributed by atoms with van der Waals surface area (Å²) in [4.78, 5) is 45.7. The van der Waals surface area contributed by atoms with Gasteiger partial charge in [0.2, 0.25) is 11.2 Å². The van der Waals surface area contributed by atoms with Crippen LogP contribution in [0.15, 0.2) is 41.3 Å². The Kier molecular flexibility index (Phi) is 6.53. The maximum atomic E-state index is 14.2. The van der Waals surface area contributed by atoms with Crippen LogP contribution in [0.3, 0.4) is 0 Å². The molecule has 38 heavy (non-hydrogen) atoms. The molecule has 3 heterocycles. The van der Waals surface area contributed by atoms with Crippen molar-refractivity contribution in [3.8, 4) is 0 Å². The molecule has 2 fully saturated rings. The van der Waals surface area contributed by atoms with E-state index in [1.807, 2.05) is 29.7 Å². The van der Waals surface area contributed by atoms with Gasteiger partial charge in [-0.3, -0.25) is 19.3 Å². The number of Topliss-reactive ketones (excluding diaryl/α,β-unsaturated/α-hetero) is 1. The largest absolute Gasteiger partial charge is 0.349 e. The molecule has 4 aromatic rings. The van der Waals surface area contributed by atoms with Gasteiger partial charge >= 0.3 is 0 Å². The molecule has 2 aliphatic rings. The normalized spacial score (nSPS) is 16.8. The van der Waals surface area contributed by atoms with E-state index in [9.17, 15) is 18.8 Å². The lowest BCUT2D eigenvalue weighted by atomic mass is 10.0. The first-order valence-corrected chi connectivity index (χ1v) is 13.9. The summed E-state index contributed by atoms with van der Waals surface area (Å²) < 4.78 is 17.0. The van der Waals surface area contributed by atoms with Crippen molar-refractivity contribution in [1.82, 2.24) is 19.8 Å². The molecular weight excluding hydrogens is 527 g/mol. The van der Waals surface area contributed by atoms with Crippen LogP contribution in [0.5, 0.6) is 0 Å². The second-order valence-corrected chi connectivity index (χ2v) is 11.7. The van der Waals surface area contributed by atoms with Crippen molar-refractivity contribution < 1.29 is 14.0 Å². The van der Waals surface area contributed by atoms with Gasteiger partial charge in [-0.05, 0) is 62.4 Å². The molecule has 0 radical (unpaired) electrons. The van der Waals surface area contributed by atoms with Gasteiger partial charge in [0.25, 0.3) is 5.91 Å². The topological polar surface area (TPSA) is 84.3 Å². The Labute approximate surface area is 227 Å². The average molecular weight is 553 g/mol. The quantitative estimate of drug-likeness (QED) is 0.335. The van der Waals surface area contributed by atoms with Gasteiger partial charge in [-0.2, -0.15) is 0 Å². The van der Waals surface area contributed by atoms with E-state index >= 15 is 0 Å². The summed E-state index contributed by atoms with van der Waals surface area (Å²) in [5, 5.41) is 3.61. The molecule has 1 aliphatic heterocycles. The molecule has 0 unspecified atom stereocenters. The van der Waals surface area contributed by atoms with E-state index in [2.05, 4.69) is 15.2 Å². The van der Waals surface area contributed by atoms with E-state index in [4.69, 9.17) is 11.6 Å². The number of nitrogens with zero attached hydrogens (tertiary/aromatic N) is 3. The molecule has 6 rings (SSSR count). The first-order valence-electron chi connectivity index (χ1n) is 12.7. The van der Waals surface area contributed by atoms with Gasteiger partial charge in [0.1, 0.15) is 11.4 Å². The van der Waals surface area contributed by atoms with Gasteiger partial charge in [0.15, 0.2) is 5.01 Å². The molecule has 0 atom stereocenters. The number of ketones is 1. The number of fused-ring (bicyclic) bond motifs is 2. The Morgan fingerprint density at radius 1 is 1.16 bits per heavy atom. The van der Waals surface area contributed by atoms with Crippen molar-refractivity contribution in [2.75, 3.05) is 19.6 Å². The van der Waals surface area contributed by atoms with Gasteiger partial charge in [-0.25, -0.2) is 9.37 Å². The number of benzene rings is 2. The van der Waals surface area contributed by atoms with Crippen LogP contribution >= 0.6 is 22.9 Å². The number of carbonyl (C=O) groups excluding carboxylic acids is 2. The number of hydrogen-bond donors (Lipinski definition) is 1. The summed E-state index contributed by atoms with van der Waals surface area (Å²) in [6, 6.07) is 8.63. The molecule has 7 nitrogen and oxygen atoms in total. The van der Waals surface area contributed by atoms with Crippen LogP contribution in [0.2, 0.25) is 5.02 Å². The molecule has 2 aromatic carbocycles. The molecule has 0 bridgehead atoms. The summed E-state index contributed by atoms with van der Waals surface area (Å²) >= 11 is 7.39. The molecular formula is C28H26ClFN4O3S. The number of nitrogens with one attached hydrogen (secondary N) is 1. The number of piperidine rings is 1. The molecule has 1 saturated carbocycles. The number of aryl methyl sites for hydroxylation is 1. The Balaban J connectivity index is 1.12. The van der Waals surface area contributed by atoms with Crippen molar-refractivity contribution in [3.05, 3.63) is 73.7 Å². The molecule has 1 saturated heterocycles. The van der Waals surface area contributed by atoms with Crippen molar-refractivity contribution >= 4 is 55.7 Å². The fourth-order valence-electron chi connectivity index (χ4n) is 5.09. The predicted molar refractivity (Wildman–Crippen MR) is 147 cm³/mol. The molecule has 2 aromatic heterocycles. The molecule has 1 amide bonds. The lowest BCUT2D eigenvalue weighted by Gasteiger charge is -2.31. The van der Waals surface area contributed by atoms with Crippen LogP contribution in [0.4, 0.5) is 4.39 Å². The lowest BCUT2D eigenvalue weighted by Crippen LogP contribution is -2.46. The Bertz CT molecular complexity index is 1650. The molecule has 1 N–H and O–H groups in total. The Morgan fingerprint density at radius 3 is 2.66 bits per heavy atom. The SMILES string of the molecule is Cc1ccc2sc(C(=O)CN3CCC(NC(=O)c4cn(C5CC5)c5cc(Cl)c(F)cc5c4=O)CC3)nc2c1. The summed E-state index contributed by atoms with van der Waals surface area (Å²) in [6.45, 7) is 3.58. The number of halogens is 2. The molecule has 196 valence electrons. The summed E-state index contributed by atoms with van der Waals surface area (Å²) in [6.07, 6.45) is 4.77. The number of likely N-dealkylation sites (tertiary alicyclic amines) is 1. The first kappa shape index (κ1) is 25.2. The number of hydrogen-bond acceptors (Lipinski definition) is 6. The number of amides is 1. The summed E-state index contributed by atoms with van der Waals surface area (Å²) in [5.41, 5.74) is 2.01. The summed E-state index contributed by atoms with van der Waals surface area (Å²) in [7, 11) is 0. The minimum atomic E-state index is -0.681. The number of carbonyl (C=O) groups is 2. The highest BCUT2D eigenvalue weighted by Crippen LogP contribution is 2.37. The van der Waals surface area contributed by atoms with Gasteiger partial charge in [0, 0.05) is 36.8 Å². The zero-order chi connectivity index (χ0) is 26.6. The van der Waals surface area contributed by atoms with E-state index in [0.717, 1.165) is 34.7 Å². The monoisotopic (exact) mass is 552 g/mol. The lowest BCUT2D eigenvalue weighted by molar-refractivity contribution is 0.0858. The van der Waals surface area contributed by atoms with E-state index < -0.39 is 17.2 Å². The number of thiazole rings is 1. The van der Waals surface area contributed by atoms with Crippen LogP contribution in [0.1, 0.15) is 57.4 Å². The third kappa shape index (κ3) is 4.86. The van der Waals surface area contributed by atoms with Gasteiger partial charge in [-0.1, -0.05) is 17.7 Å². The van der Waals surface area contributed by atoms with Crippen LogP contribution in [-0.4, -0.2) is 51.8 Å². The fraction of sp³-hybridized carbons (Fsp3) is 0.357. The van der Waals surface area contributed by atoms with Gasteiger partial charge < -0.3 is 9.88 Å². The van der Waals surface area contributed by atoms with Crippen molar-refractivity contribution in [1.29, 1.82) is 0 Å². The zero-order valence-electron chi connectivity index (χ0n) is 20.8. The smallest absolute Gasteiger partial charge is 0.256 e. The third-order valence-corrected chi connectivity index (χ3v) is 8.70. The maximum Gasteiger partial charge on any atom is 0.256 e. The van der Waals surface area contributed by atoms with Crippen LogP contribution in [0, 0.1) is 12.7 Å². The second kappa shape index (κ2) is 9.87. The van der Waals surface area contributed by atoms with E-state index in [1.54, 1.807) is 6.20 Å². The minimum absolute atomic E-state index is 0.00420. The highest BCUT2D eigenvalue weighted by molar-refractivity contribution is 7.20. The van der Waals surface area contributed by atoms with E-state index in [1.165, 1.54) is 17.4 Å². The summed E-state index contributed by atoms with van der Waals surface area (Å²) in [5.74, 6) is -1.14. The number of rotatable bonds is 6. The minimum Gasteiger partial charge on any atom is -0.349 e. The van der Waals surface area contributed by atoms with Gasteiger partial charge in [-0.15, -0.1) is 11.3 Å². The number of aromatic nitrogens is 2. The highest BCUT2D eigenvalue weighted by Gasteiger charge is 2.29. The van der Waals surface area contributed by atoms with Gasteiger partial charge in [0.05, 0.1) is 27.3 Å². The molecule has 0 spiro atoms. The third-order valence-electron chi connectivity index (χ3n) is 7.33. The number of pyridine rings is 1. The average Bonchev–Trinajstić information content (AvgIpc) is 3.64. The molecule has 1 aliphatic carbocycles. The van der Waals surface area contributed by atoms with Crippen LogP contribution in [0.25, 0.3) is 21.1 Å². The van der Waals surface area contributed by atoms with Crippen LogP contribution < -0.4 is 10.7 Å². The maximum absolute atomic E-state index is 14.2. The van der Waals surface area contributed by atoms with E-state index in [0.29, 0.717) is 36.5 Å². The highest BCUT2D eigenvalue weighted by atomic mass is 35.5. The second-order valence-electron chi connectivity index (χ2n) is 10.2. The van der Waals surface area contributed by atoms with Crippen LogP contribution in [-0.2, 0) is 0 Å². The van der Waals surface area contributed by atoms with Crippen molar-refractivity contribution in [2.24, 2.45) is 0 Å². The zero-order valence-corrected chi connectivity index (χ0v) is 22.4. The predicted octanol–water partition coefficient (Wildman–Crippen LogP) is 5.12. The fourth-order valence-corrected chi connectivity index (χ4v) is 6.12. The first-order chi connectivity index (χ1) is 18.3. The van der Waals surface area contributed by atoms with E-state index in [-0.39, 0.29) is 40.4 Å². The van der Waals surface area contributed by atoms with Crippen molar-refractivity contribution in [3.63, 3.8) is 0 Å². The standard InChI is InChI=1S/C28H26ClFN4O3S/c1-15-2-5-25-22(10-15)32-28(38-25)24(35)14-33-8-6-16(7-9-33)31-27(37)19-13-34(17-3-4-17)23-12-20(29)21(30)11-18(23)26(19)36/h2,5,10-13,16-17H,3-4,6-9,14H2,1H3,(H,31,37). The van der Waals surface area contributed by atoms with Crippen molar-refractivity contribution in [2.45, 2.75) is 44.7 Å². The Morgan fingerprint density at radius 2 is 1.92 bits per heavy atom.